The molecule has 13 aromatic carbocycles. The second kappa shape index (κ2) is 21.2. The zero-order valence-corrected chi connectivity index (χ0v) is 55.4. The van der Waals surface area contributed by atoms with Gasteiger partial charge in [-0.25, -0.2) is 0 Å². The van der Waals surface area contributed by atoms with E-state index in [1.54, 1.807) is 0 Å². The van der Waals surface area contributed by atoms with Crippen molar-refractivity contribution in [3.63, 3.8) is 0 Å². The lowest BCUT2D eigenvalue weighted by atomic mass is 9.33. The molecular formula is C90H73BN4O. The molecule has 462 valence electrons. The fourth-order valence-electron chi connectivity index (χ4n) is 15.6. The Labute approximate surface area is 568 Å². The van der Waals surface area contributed by atoms with Crippen LogP contribution < -0.4 is 26.2 Å². The second-order valence-corrected chi connectivity index (χ2v) is 29.4. The first kappa shape index (κ1) is 52.3. The summed E-state index contributed by atoms with van der Waals surface area (Å²) in [4.78, 5) is 5.02. The molecule has 0 aliphatic carbocycles. The van der Waals surface area contributed by atoms with Gasteiger partial charge in [0.05, 0.1) is 45.7 Å². The van der Waals surface area contributed by atoms with Gasteiger partial charge in [0.1, 0.15) is 11.2 Å². The van der Waals surface area contributed by atoms with Gasteiger partial charge in [-0.05, 0) is 186 Å². The summed E-state index contributed by atoms with van der Waals surface area (Å²) in [6.07, 6.45) is 0. The standard InChI is InChI=1S/C90H73BN4O/c1-88(2,3)62-39-44-74-69(51-62)70-52-63(89(4,5)6)40-45-75(70)93(74)66-41-43-72-77(55-66)95(80-49-61(58-30-18-12-19-31-58)50-84-86(80)68-35-23-25-37-83(68)96-84)82-54-64(90(7,8)9)53-81-87(82)91(72)71-42-38-59(56-26-14-10-15-27-56)46-76(71)94(81)79-48-60(57-28-16-11-17-29-57)47-78-85(79)67-34-22-24-36-73(67)92(78)65-32-20-13-21-33-65/h10-55H,1-9H3/i10D,14D,15D,26D,27D. The Kier molecular flexibility index (Phi) is 11.6. The average Bonchev–Trinajstić information content (AvgIpc) is 1.44. The average molecular weight is 1240 g/mol. The van der Waals surface area contributed by atoms with E-state index in [0.29, 0.717) is 5.56 Å². The summed E-state index contributed by atoms with van der Waals surface area (Å²) in [6, 6.07) is 88.9. The lowest BCUT2D eigenvalue weighted by Crippen LogP contribution is -2.61. The van der Waals surface area contributed by atoms with Gasteiger partial charge in [-0.3, -0.25) is 0 Å². The molecule has 2 aliphatic heterocycles. The fourth-order valence-corrected chi connectivity index (χ4v) is 15.6. The minimum Gasteiger partial charge on any atom is -0.456 e. The maximum Gasteiger partial charge on any atom is 0.252 e. The van der Waals surface area contributed by atoms with Crippen LogP contribution in [0.1, 0.15) is 85.9 Å². The molecule has 5 nitrogen and oxygen atoms in total. The largest absolute Gasteiger partial charge is 0.456 e. The van der Waals surface area contributed by atoms with Gasteiger partial charge in [-0.1, -0.05) is 238 Å². The van der Waals surface area contributed by atoms with Crippen molar-refractivity contribution < 1.29 is 11.3 Å². The van der Waals surface area contributed by atoms with Gasteiger partial charge >= 0.3 is 0 Å². The van der Waals surface area contributed by atoms with E-state index in [1.165, 1.54) is 21.9 Å². The zero-order chi connectivity index (χ0) is 69.4. The molecule has 2 aliphatic rings. The van der Waals surface area contributed by atoms with Crippen molar-refractivity contribution in [2.75, 3.05) is 9.80 Å². The molecule has 0 bridgehead atoms. The number of para-hydroxylation sites is 3. The van der Waals surface area contributed by atoms with Crippen molar-refractivity contribution in [1.29, 1.82) is 0 Å². The van der Waals surface area contributed by atoms with Gasteiger partial charge < -0.3 is 23.4 Å². The molecule has 0 radical (unpaired) electrons. The number of fused-ring (bicyclic) bond motifs is 13. The molecule has 18 rings (SSSR count). The van der Waals surface area contributed by atoms with Crippen molar-refractivity contribution in [3.05, 3.63) is 296 Å². The van der Waals surface area contributed by atoms with E-state index >= 15 is 0 Å². The maximum atomic E-state index is 9.58. The summed E-state index contributed by atoms with van der Waals surface area (Å²) < 4.78 is 58.0. The first-order valence-corrected chi connectivity index (χ1v) is 33.5. The van der Waals surface area contributed by atoms with Crippen LogP contribution in [0.25, 0.3) is 110 Å². The van der Waals surface area contributed by atoms with Crippen LogP contribution >= 0.6 is 0 Å². The van der Waals surface area contributed by atoms with E-state index < -0.39 is 18.2 Å². The maximum absolute atomic E-state index is 9.58. The van der Waals surface area contributed by atoms with Crippen LogP contribution in [0.5, 0.6) is 0 Å². The minimum absolute atomic E-state index is 0.0926. The summed E-state index contributed by atoms with van der Waals surface area (Å²) in [5.41, 5.74) is 24.6. The van der Waals surface area contributed by atoms with E-state index in [0.717, 1.165) is 144 Å². The monoisotopic (exact) mass is 1240 g/mol. The van der Waals surface area contributed by atoms with Gasteiger partial charge in [0.15, 0.2) is 0 Å². The van der Waals surface area contributed by atoms with E-state index in [-0.39, 0.29) is 40.6 Å². The van der Waals surface area contributed by atoms with Crippen LogP contribution in [-0.2, 0) is 16.2 Å². The number of hydrogen-bond acceptors (Lipinski definition) is 3. The molecule has 6 heteroatoms. The van der Waals surface area contributed by atoms with E-state index in [2.05, 4.69) is 324 Å². The van der Waals surface area contributed by atoms with Gasteiger partial charge in [0.2, 0.25) is 0 Å². The SMILES string of the molecule is [2H]c1c([2H])c([2H])c(-c2ccc3c(c2)N(c2cc(-c4ccccc4)cc4c2c2ccccc2n4-c2ccccc2)c2cc(C(C)(C)C)cc4c2B3c2ccc(-n3c5ccc(C(C)(C)C)cc5c5cc(C(C)(C)C)ccc53)cc2N4c2cc(-c3ccccc3)cc3oc4ccccc4c23)c([2H])c1[2H]. The fraction of sp³-hybridized carbons (Fsp3) is 0.133. The Morgan fingerprint density at radius 2 is 0.812 bits per heavy atom. The highest BCUT2D eigenvalue weighted by atomic mass is 16.3. The molecule has 0 fully saturated rings. The van der Waals surface area contributed by atoms with Crippen molar-refractivity contribution >= 4 is 123 Å². The number of aromatic nitrogens is 2. The van der Waals surface area contributed by atoms with Gasteiger partial charge in [0, 0.05) is 61.1 Å². The summed E-state index contributed by atoms with van der Waals surface area (Å²) in [5.74, 6) is 0. The second-order valence-electron chi connectivity index (χ2n) is 29.4. The van der Waals surface area contributed by atoms with Crippen molar-refractivity contribution in [1.82, 2.24) is 9.13 Å². The van der Waals surface area contributed by atoms with Crippen LogP contribution in [-0.4, -0.2) is 15.8 Å². The molecule has 0 saturated heterocycles. The van der Waals surface area contributed by atoms with Crippen LogP contribution in [0.3, 0.4) is 0 Å². The third kappa shape index (κ3) is 8.98. The third-order valence-electron chi connectivity index (χ3n) is 20.4. The highest BCUT2D eigenvalue weighted by Gasteiger charge is 2.46. The molecule has 0 unspecified atom stereocenters. The van der Waals surface area contributed by atoms with E-state index in [9.17, 15) is 2.74 Å². The summed E-state index contributed by atoms with van der Waals surface area (Å²) in [7, 11) is 0. The summed E-state index contributed by atoms with van der Waals surface area (Å²) in [6.45, 7) is 20.2. The third-order valence-corrected chi connectivity index (χ3v) is 20.4. The molecular weight excluding hydrogens is 1160 g/mol. The summed E-state index contributed by atoms with van der Waals surface area (Å²) in [5, 5.41) is 6.50. The van der Waals surface area contributed by atoms with E-state index in [1.807, 2.05) is 6.07 Å². The van der Waals surface area contributed by atoms with Crippen LogP contribution in [0.15, 0.2) is 283 Å². The Morgan fingerprint density at radius 1 is 0.312 bits per heavy atom. The van der Waals surface area contributed by atoms with Crippen molar-refractivity contribution in [2.24, 2.45) is 0 Å². The molecule has 0 atom stereocenters. The van der Waals surface area contributed by atoms with E-state index in [4.69, 9.17) is 8.53 Å². The Balaban J connectivity index is 1.02. The Hall–Kier alpha value is -11.1. The number of furan rings is 1. The number of benzene rings is 13. The van der Waals surface area contributed by atoms with Crippen molar-refractivity contribution in [2.45, 2.75) is 78.6 Å². The highest BCUT2D eigenvalue weighted by Crippen LogP contribution is 2.53. The first-order chi connectivity index (χ1) is 48.6. The molecule has 16 aromatic rings. The molecule has 3 aromatic heterocycles. The Morgan fingerprint density at radius 3 is 1.43 bits per heavy atom. The molecule has 0 saturated carbocycles. The van der Waals surface area contributed by atoms with Gasteiger partial charge in [-0.2, -0.15) is 0 Å². The molecule has 96 heavy (non-hydrogen) atoms. The molecule has 0 amide bonds. The van der Waals surface area contributed by atoms with Gasteiger partial charge in [0.25, 0.3) is 6.71 Å². The number of anilines is 6. The lowest BCUT2D eigenvalue weighted by Gasteiger charge is -2.45. The topological polar surface area (TPSA) is 29.5 Å². The first-order valence-electron chi connectivity index (χ1n) is 36.0. The molecule has 0 spiro atoms. The number of rotatable bonds is 7. The molecule has 5 heterocycles. The van der Waals surface area contributed by atoms with Crippen molar-refractivity contribution in [3.8, 4) is 44.8 Å². The predicted octanol–water partition coefficient (Wildman–Crippen LogP) is 22.8. The smallest absolute Gasteiger partial charge is 0.252 e. The van der Waals surface area contributed by atoms with Crippen LogP contribution in [0.4, 0.5) is 34.1 Å². The van der Waals surface area contributed by atoms with Gasteiger partial charge in [-0.15, -0.1) is 0 Å². The summed E-state index contributed by atoms with van der Waals surface area (Å²) >= 11 is 0. The lowest BCUT2D eigenvalue weighted by molar-refractivity contribution is 0.590. The van der Waals surface area contributed by atoms with Crippen LogP contribution in [0, 0.1) is 0 Å². The number of nitrogens with zero attached hydrogens (tertiary/aromatic N) is 4. The number of hydrogen-bond donors (Lipinski definition) is 0. The van der Waals surface area contributed by atoms with Crippen LogP contribution in [0.2, 0.25) is 0 Å². The minimum atomic E-state index is -0.433. The quantitative estimate of drug-likeness (QED) is 0.149. The Bertz CT molecular complexity index is 6070. The highest BCUT2D eigenvalue weighted by molar-refractivity contribution is 7.00. The molecule has 0 N–H and O–H groups in total. The normalized spacial score (nSPS) is 13.9. The predicted molar refractivity (Wildman–Crippen MR) is 409 cm³/mol. The zero-order valence-electron chi connectivity index (χ0n) is 60.4.